The van der Waals surface area contributed by atoms with Crippen molar-refractivity contribution >= 4 is 17.5 Å². The predicted octanol–water partition coefficient (Wildman–Crippen LogP) is 3.09. The number of carbonyl (C=O) groups excluding carboxylic acids is 2. The summed E-state index contributed by atoms with van der Waals surface area (Å²) in [6.07, 6.45) is -4.80. The molecule has 9 heteroatoms. The van der Waals surface area contributed by atoms with E-state index in [0.717, 1.165) is 18.2 Å². The third kappa shape index (κ3) is 5.79. The van der Waals surface area contributed by atoms with E-state index in [1.54, 1.807) is 0 Å². The van der Waals surface area contributed by atoms with Crippen molar-refractivity contribution in [3.8, 4) is 5.75 Å². The van der Waals surface area contributed by atoms with Gasteiger partial charge in [0.1, 0.15) is 11.6 Å². The quantitative estimate of drug-likeness (QED) is 0.809. The van der Waals surface area contributed by atoms with Crippen LogP contribution in [0.15, 0.2) is 48.5 Å². The van der Waals surface area contributed by atoms with Gasteiger partial charge in [-0.05, 0) is 36.4 Å². The highest BCUT2D eigenvalue weighted by atomic mass is 19.4. The van der Waals surface area contributed by atoms with Crippen molar-refractivity contribution in [2.24, 2.45) is 0 Å². The second kappa shape index (κ2) is 7.65. The molecule has 0 bridgehead atoms. The standard InChI is InChI=1S/C16H12F4N2O3/c17-13-4-2-1-3-12(13)15(24)21-9-14(23)22-10-5-7-11(8-6-10)25-16(18,19)20/h1-8H,9H2,(H,21,24)(H,22,23). The molecule has 2 aromatic rings. The van der Waals surface area contributed by atoms with Crippen LogP contribution in [0.25, 0.3) is 0 Å². The first-order chi connectivity index (χ1) is 11.7. The molecule has 0 saturated heterocycles. The van der Waals surface area contributed by atoms with Crippen LogP contribution in [0.5, 0.6) is 5.75 Å². The molecule has 0 atom stereocenters. The Hall–Kier alpha value is -3.10. The number of anilines is 1. The number of halogens is 4. The van der Waals surface area contributed by atoms with Crippen LogP contribution in [0.4, 0.5) is 23.2 Å². The molecular formula is C16H12F4N2O3. The second-order valence-corrected chi connectivity index (χ2v) is 4.78. The summed E-state index contributed by atoms with van der Waals surface area (Å²) in [7, 11) is 0. The molecule has 0 radical (unpaired) electrons. The van der Waals surface area contributed by atoms with Gasteiger partial charge >= 0.3 is 6.36 Å². The summed E-state index contributed by atoms with van der Waals surface area (Å²) in [5.41, 5.74) is 0.00335. The van der Waals surface area contributed by atoms with Gasteiger partial charge in [-0.3, -0.25) is 9.59 Å². The smallest absolute Gasteiger partial charge is 0.406 e. The number of nitrogens with one attached hydrogen (secondary N) is 2. The topological polar surface area (TPSA) is 67.4 Å². The third-order valence-corrected chi connectivity index (χ3v) is 2.90. The summed E-state index contributed by atoms with van der Waals surface area (Å²) in [5, 5.41) is 4.61. The van der Waals surface area contributed by atoms with E-state index in [1.165, 1.54) is 30.3 Å². The summed E-state index contributed by atoms with van der Waals surface area (Å²) >= 11 is 0. The maximum Gasteiger partial charge on any atom is 0.573 e. The number of ether oxygens (including phenoxy) is 1. The lowest BCUT2D eigenvalue weighted by atomic mass is 10.2. The maximum absolute atomic E-state index is 13.4. The van der Waals surface area contributed by atoms with Crippen LogP contribution < -0.4 is 15.4 Å². The van der Waals surface area contributed by atoms with Gasteiger partial charge in [0.25, 0.3) is 5.91 Å². The molecule has 2 amide bonds. The number of carbonyl (C=O) groups is 2. The van der Waals surface area contributed by atoms with E-state index in [2.05, 4.69) is 15.4 Å². The van der Waals surface area contributed by atoms with Crippen molar-refractivity contribution < 1.29 is 31.9 Å². The van der Waals surface area contributed by atoms with E-state index in [-0.39, 0.29) is 11.3 Å². The fourth-order valence-corrected chi connectivity index (χ4v) is 1.85. The van der Waals surface area contributed by atoms with Crippen molar-refractivity contribution in [1.29, 1.82) is 0 Å². The Morgan fingerprint density at radius 2 is 1.64 bits per heavy atom. The van der Waals surface area contributed by atoms with Gasteiger partial charge in [-0.2, -0.15) is 0 Å². The van der Waals surface area contributed by atoms with Gasteiger partial charge in [-0.1, -0.05) is 12.1 Å². The Kier molecular flexibility index (Phi) is 5.58. The average molecular weight is 356 g/mol. The maximum atomic E-state index is 13.4. The Morgan fingerprint density at radius 1 is 1.00 bits per heavy atom. The number of amides is 2. The molecule has 0 saturated carbocycles. The van der Waals surface area contributed by atoms with Gasteiger partial charge < -0.3 is 15.4 Å². The fourth-order valence-electron chi connectivity index (χ4n) is 1.85. The Morgan fingerprint density at radius 3 is 2.24 bits per heavy atom. The van der Waals surface area contributed by atoms with Gasteiger partial charge in [0, 0.05) is 5.69 Å². The van der Waals surface area contributed by atoms with Crippen LogP contribution in [0.1, 0.15) is 10.4 Å². The van der Waals surface area contributed by atoms with Gasteiger partial charge in [0.2, 0.25) is 5.91 Å². The van der Waals surface area contributed by atoms with Crippen molar-refractivity contribution in [2.75, 3.05) is 11.9 Å². The molecule has 25 heavy (non-hydrogen) atoms. The van der Waals surface area contributed by atoms with E-state index in [0.29, 0.717) is 0 Å². The summed E-state index contributed by atoms with van der Waals surface area (Å²) in [4.78, 5) is 23.5. The number of hydrogen-bond acceptors (Lipinski definition) is 3. The monoisotopic (exact) mass is 356 g/mol. The molecule has 0 heterocycles. The van der Waals surface area contributed by atoms with Crippen LogP contribution in [-0.4, -0.2) is 24.7 Å². The first-order valence-corrected chi connectivity index (χ1v) is 6.93. The zero-order chi connectivity index (χ0) is 18.4. The lowest BCUT2D eigenvalue weighted by Gasteiger charge is -2.10. The lowest BCUT2D eigenvalue weighted by molar-refractivity contribution is -0.274. The van der Waals surface area contributed by atoms with E-state index in [4.69, 9.17) is 0 Å². The highest BCUT2D eigenvalue weighted by molar-refractivity contribution is 5.99. The van der Waals surface area contributed by atoms with Crippen LogP contribution in [0, 0.1) is 5.82 Å². The van der Waals surface area contributed by atoms with Crippen molar-refractivity contribution in [3.63, 3.8) is 0 Å². The molecule has 0 spiro atoms. The Balaban J connectivity index is 1.86. The van der Waals surface area contributed by atoms with E-state index >= 15 is 0 Å². The van der Waals surface area contributed by atoms with Gasteiger partial charge in [0.15, 0.2) is 0 Å². The van der Waals surface area contributed by atoms with E-state index < -0.39 is 36.3 Å². The highest BCUT2D eigenvalue weighted by Crippen LogP contribution is 2.23. The van der Waals surface area contributed by atoms with E-state index in [9.17, 15) is 27.2 Å². The minimum absolute atomic E-state index is 0.205. The molecule has 0 aliphatic carbocycles. The minimum Gasteiger partial charge on any atom is -0.406 e. The third-order valence-electron chi connectivity index (χ3n) is 2.90. The summed E-state index contributed by atoms with van der Waals surface area (Å²) in [6, 6.07) is 9.74. The number of alkyl halides is 3. The number of rotatable bonds is 5. The molecule has 0 aromatic heterocycles. The molecule has 2 rings (SSSR count). The van der Waals surface area contributed by atoms with Crippen molar-refractivity contribution in [1.82, 2.24) is 5.32 Å². The van der Waals surface area contributed by atoms with Crippen LogP contribution in [0.3, 0.4) is 0 Å². The molecular weight excluding hydrogens is 344 g/mol. The molecule has 132 valence electrons. The Bertz CT molecular complexity index is 761. The molecule has 0 aliphatic rings. The minimum atomic E-state index is -4.80. The predicted molar refractivity (Wildman–Crippen MR) is 80.5 cm³/mol. The normalized spacial score (nSPS) is 10.9. The fraction of sp³-hybridized carbons (Fsp3) is 0.125. The first kappa shape index (κ1) is 18.2. The molecule has 0 fully saturated rings. The summed E-state index contributed by atoms with van der Waals surface area (Å²) < 4.78 is 53.2. The lowest BCUT2D eigenvalue weighted by Crippen LogP contribution is -2.33. The largest absolute Gasteiger partial charge is 0.573 e. The molecule has 0 aliphatic heterocycles. The van der Waals surface area contributed by atoms with Gasteiger partial charge in [-0.25, -0.2) is 4.39 Å². The second-order valence-electron chi connectivity index (χ2n) is 4.78. The average Bonchev–Trinajstić information content (AvgIpc) is 2.53. The molecule has 2 aromatic carbocycles. The number of benzene rings is 2. The van der Waals surface area contributed by atoms with Crippen molar-refractivity contribution in [2.45, 2.75) is 6.36 Å². The van der Waals surface area contributed by atoms with Crippen LogP contribution >= 0.6 is 0 Å². The first-order valence-electron chi connectivity index (χ1n) is 6.93. The highest BCUT2D eigenvalue weighted by Gasteiger charge is 2.30. The molecule has 0 unspecified atom stereocenters. The van der Waals surface area contributed by atoms with E-state index in [1.807, 2.05) is 0 Å². The Labute approximate surface area is 139 Å². The summed E-state index contributed by atoms with van der Waals surface area (Å²) in [6.45, 7) is -0.437. The molecule has 5 nitrogen and oxygen atoms in total. The van der Waals surface area contributed by atoms with Gasteiger partial charge in [-0.15, -0.1) is 13.2 Å². The van der Waals surface area contributed by atoms with Crippen molar-refractivity contribution in [3.05, 3.63) is 59.9 Å². The SMILES string of the molecule is O=C(CNC(=O)c1ccccc1F)Nc1ccc(OC(F)(F)F)cc1. The zero-order valence-corrected chi connectivity index (χ0v) is 12.6. The molecule has 2 N–H and O–H groups in total. The van der Waals surface area contributed by atoms with Crippen LogP contribution in [-0.2, 0) is 4.79 Å². The van der Waals surface area contributed by atoms with Crippen LogP contribution in [0.2, 0.25) is 0 Å². The van der Waals surface area contributed by atoms with Gasteiger partial charge in [0.05, 0.1) is 12.1 Å². The zero-order valence-electron chi connectivity index (χ0n) is 12.6. The number of hydrogen-bond donors (Lipinski definition) is 2. The summed E-state index contributed by atoms with van der Waals surface area (Å²) in [5.74, 6) is -2.55.